The molecule has 0 unspecified atom stereocenters. The second-order valence-corrected chi connectivity index (χ2v) is 9.21. The van der Waals surface area contributed by atoms with Gasteiger partial charge in [-0.25, -0.2) is 0 Å². The van der Waals surface area contributed by atoms with Gasteiger partial charge >= 0.3 is 121 Å². The molecule has 0 aliphatic rings. The second kappa shape index (κ2) is 8.34. The standard InChI is InChI=1S/C19H19P.2ClH/c1-20(17-11-5-2-6-12-17,18-13-7-3-8-14-18)19-15-9-4-10-16-19;;/h2-16,20H,1H3;2*1H. The molecule has 0 saturated heterocycles. The van der Waals surface area contributed by atoms with E-state index in [1.54, 1.807) is 0 Å². The van der Waals surface area contributed by atoms with Gasteiger partial charge in [0, 0.05) is 0 Å². The minimum atomic E-state index is -1.88. The van der Waals surface area contributed by atoms with E-state index in [1.165, 1.54) is 15.9 Å². The van der Waals surface area contributed by atoms with Gasteiger partial charge in [-0.1, -0.05) is 0 Å². The van der Waals surface area contributed by atoms with Crippen molar-refractivity contribution >= 4 is 48.0 Å². The number of halogens is 2. The van der Waals surface area contributed by atoms with Crippen LogP contribution in [0.4, 0.5) is 0 Å². The molecule has 0 amide bonds. The van der Waals surface area contributed by atoms with Gasteiger partial charge in [-0.15, -0.1) is 24.8 Å². The summed E-state index contributed by atoms with van der Waals surface area (Å²) in [5.74, 6) is 0. The summed E-state index contributed by atoms with van der Waals surface area (Å²) in [5.41, 5.74) is 0. The Labute approximate surface area is 145 Å². The molecule has 0 spiro atoms. The molecule has 0 N–H and O–H groups in total. The molecule has 3 aromatic rings. The molecule has 0 heterocycles. The largest absolute Gasteiger partial charge is 0.147 e. The zero-order valence-corrected chi connectivity index (χ0v) is 15.1. The summed E-state index contributed by atoms with van der Waals surface area (Å²) >= 11 is 0. The summed E-state index contributed by atoms with van der Waals surface area (Å²) in [6.45, 7) is 2.44. The van der Waals surface area contributed by atoms with Crippen LogP contribution in [0.15, 0.2) is 91.0 Å². The van der Waals surface area contributed by atoms with Gasteiger partial charge < -0.3 is 0 Å². The molecule has 3 heteroatoms. The molecule has 0 atom stereocenters. The smallest absolute Gasteiger partial charge is 0.147 e. The van der Waals surface area contributed by atoms with Gasteiger partial charge in [0.05, 0.1) is 0 Å². The fourth-order valence-corrected chi connectivity index (χ4v) is 6.39. The third-order valence-electron chi connectivity index (χ3n) is 4.05. The number of hydrogen-bond donors (Lipinski definition) is 0. The first-order chi connectivity index (χ1) is 9.82. The van der Waals surface area contributed by atoms with Crippen molar-refractivity contribution in [1.82, 2.24) is 0 Å². The first kappa shape index (κ1) is 18.7. The maximum atomic E-state index is 2.44. The number of benzene rings is 3. The van der Waals surface area contributed by atoms with Crippen LogP contribution in [0.25, 0.3) is 0 Å². The van der Waals surface area contributed by atoms with Crippen molar-refractivity contribution in [1.29, 1.82) is 0 Å². The van der Waals surface area contributed by atoms with Gasteiger partial charge in [-0.05, 0) is 0 Å². The molecule has 0 aliphatic heterocycles. The zero-order valence-electron chi connectivity index (χ0n) is 12.5. The van der Waals surface area contributed by atoms with Crippen molar-refractivity contribution in [2.24, 2.45) is 0 Å². The van der Waals surface area contributed by atoms with E-state index in [4.69, 9.17) is 0 Å². The summed E-state index contributed by atoms with van der Waals surface area (Å²) in [4.78, 5) is 0. The molecule has 0 bridgehead atoms. The molecule has 116 valence electrons. The summed E-state index contributed by atoms with van der Waals surface area (Å²) in [5, 5.41) is 4.37. The molecule has 3 rings (SSSR count). The van der Waals surface area contributed by atoms with Crippen molar-refractivity contribution in [3.8, 4) is 0 Å². The van der Waals surface area contributed by atoms with Crippen molar-refractivity contribution in [3.05, 3.63) is 91.0 Å². The Balaban J connectivity index is 0.00000121. The van der Waals surface area contributed by atoms with Gasteiger partial charge in [0.25, 0.3) is 0 Å². The molecule has 0 nitrogen and oxygen atoms in total. The van der Waals surface area contributed by atoms with Crippen LogP contribution >= 0.6 is 32.1 Å². The van der Waals surface area contributed by atoms with Crippen molar-refractivity contribution in [2.45, 2.75) is 0 Å². The van der Waals surface area contributed by atoms with Gasteiger partial charge in [0.15, 0.2) is 0 Å². The average molecular weight is 351 g/mol. The van der Waals surface area contributed by atoms with E-state index in [2.05, 4.69) is 97.7 Å². The van der Waals surface area contributed by atoms with Gasteiger partial charge in [-0.2, -0.15) is 0 Å². The number of rotatable bonds is 3. The molecule has 0 radical (unpaired) electrons. The summed E-state index contributed by atoms with van der Waals surface area (Å²) in [7, 11) is -1.88. The molecule has 0 aromatic heterocycles. The molecule has 22 heavy (non-hydrogen) atoms. The van der Waals surface area contributed by atoms with Crippen LogP contribution in [0.3, 0.4) is 0 Å². The van der Waals surface area contributed by atoms with Crippen LogP contribution < -0.4 is 15.9 Å². The Morgan fingerprint density at radius 3 is 0.909 bits per heavy atom. The van der Waals surface area contributed by atoms with E-state index in [0.717, 1.165) is 0 Å². The van der Waals surface area contributed by atoms with Crippen LogP contribution in [-0.4, -0.2) is 6.66 Å². The van der Waals surface area contributed by atoms with Gasteiger partial charge in [-0.3, -0.25) is 0 Å². The van der Waals surface area contributed by atoms with Gasteiger partial charge in [0.2, 0.25) is 0 Å². The SMILES string of the molecule is C[PH](c1ccccc1)(c1ccccc1)c1ccccc1.Cl.Cl. The maximum absolute atomic E-state index is 2.44. The van der Waals surface area contributed by atoms with Crippen molar-refractivity contribution in [2.75, 3.05) is 6.66 Å². The van der Waals surface area contributed by atoms with E-state index in [1.807, 2.05) is 0 Å². The first-order valence-electron chi connectivity index (χ1n) is 6.98. The van der Waals surface area contributed by atoms with Crippen molar-refractivity contribution < 1.29 is 0 Å². The third kappa shape index (κ3) is 3.52. The van der Waals surface area contributed by atoms with E-state index in [9.17, 15) is 0 Å². The maximum Gasteiger partial charge on any atom is -0.147 e. The van der Waals surface area contributed by atoms with Crippen LogP contribution in [0.1, 0.15) is 0 Å². The second-order valence-electron chi connectivity index (χ2n) is 5.22. The summed E-state index contributed by atoms with van der Waals surface area (Å²) in [6, 6.07) is 32.8. The Hall–Kier alpha value is -1.33. The quantitative estimate of drug-likeness (QED) is 0.621. The molecular weight excluding hydrogens is 330 g/mol. The van der Waals surface area contributed by atoms with E-state index in [0.29, 0.717) is 0 Å². The summed E-state index contributed by atoms with van der Waals surface area (Å²) < 4.78 is 0. The third-order valence-corrected chi connectivity index (χ3v) is 8.52. The monoisotopic (exact) mass is 350 g/mol. The van der Waals surface area contributed by atoms with E-state index in [-0.39, 0.29) is 24.8 Å². The van der Waals surface area contributed by atoms with Crippen LogP contribution in [-0.2, 0) is 0 Å². The van der Waals surface area contributed by atoms with E-state index < -0.39 is 7.26 Å². The van der Waals surface area contributed by atoms with Crippen molar-refractivity contribution in [3.63, 3.8) is 0 Å². The number of hydrogen-bond acceptors (Lipinski definition) is 0. The Morgan fingerprint density at radius 2 is 0.682 bits per heavy atom. The zero-order chi connectivity index (χ0) is 13.8. The minimum absolute atomic E-state index is 0. The Kier molecular flexibility index (Phi) is 7.10. The van der Waals surface area contributed by atoms with Crippen LogP contribution in [0.5, 0.6) is 0 Å². The van der Waals surface area contributed by atoms with E-state index >= 15 is 0 Å². The molecule has 0 fully saturated rings. The Bertz CT molecular complexity index is 573. The average Bonchev–Trinajstić information content (AvgIpc) is 2.56. The first-order valence-corrected chi connectivity index (χ1v) is 9.48. The fourth-order valence-electron chi connectivity index (χ4n) is 2.81. The molecule has 3 aromatic carbocycles. The predicted octanol–water partition coefficient (Wildman–Crippen LogP) is 4.19. The summed E-state index contributed by atoms with van der Waals surface area (Å²) in [6.07, 6.45) is 0. The Morgan fingerprint density at radius 1 is 0.455 bits per heavy atom. The fraction of sp³-hybridized carbons (Fsp3) is 0.0526. The molecular formula is C19H21Cl2P. The molecule has 0 saturated carbocycles. The normalized spacial score (nSPS) is 11.0. The minimum Gasteiger partial charge on any atom is -0.147 e. The molecule has 0 aliphatic carbocycles. The topological polar surface area (TPSA) is 0 Å². The van der Waals surface area contributed by atoms with Gasteiger partial charge in [0.1, 0.15) is 0 Å². The van der Waals surface area contributed by atoms with Crippen LogP contribution in [0.2, 0.25) is 0 Å². The predicted molar refractivity (Wildman–Crippen MR) is 107 cm³/mol. The van der Waals surface area contributed by atoms with Crippen LogP contribution in [0, 0.1) is 0 Å².